The Bertz CT molecular complexity index is 207. The van der Waals surface area contributed by atoms with Gasteiger partial charge in [-0.3, -0.25) is 4.79 Å². The van der Waals surface area contributed by atoms with Crippen LogP contribution in [0, 0.1) is 5.92 Å². The SMILES string of the molecule is CCCN(CCCOC(C)C)CC(C)C(=O)O. The normalized spacial score (nSPS) is 13.3. The van der Waals surface area contributed by atoms with Gasteiger partial charge < -0.3 is 14.7 Å². The fraction of sp³-hybridized carbons (Fsp3) is 0.923. The highest BCUT2D eigenvalue weighted by Gasteiger charge is 2.15. The molecule has 0 aliphatic carbocycles. The lowest BCUT2D eigenvalue weighted by atomic mass is 10.1. The fourth-order valence-corrected chi connectivity index (χ4v) is 1.68. The van der Waals surface area contributed by atoms with Gasteiger partial charge in [-0.1, -0.05) is 13.8 Å². The second-order valence-electron chi connectivity index (χ2n) is 4.81. The summed E-state index contributed by atoms with van der Waals surface area (Å²) in [6, 6.07) is 0. The van der Waals surface area contributed by atoms with E-state index in [-0.39, 0.29) is 12.0 Å². The van der Waals surface area contributed by atoms with E-state index in [0.29, 0.717) is 6.54 Å². The van der Waals surface area contributed by atoms with E-state index in [1.807, 2.05) is 13.8 Å². The average Bonchev–Trinajstić information content (AvgIpc) is 2.23. The van der Waals surface area contributed by atoms with Crippen LogP contribution < -0.4 is 0 Å². The highest BCUT2D eigenvalue weighted by atomic mass is 16.5. The Morgan fingerprint density at radius 2 is 1.94 bits per heavy atom. The van der Waals surface area contributed by atoms with Crippen LogP contribution in [0.25, 0.3) is 0 Å². The van der Waals surface area contributed by atoms with Gasteiger partial charge in [0.2, 0.25) is 0 Å². The van der Waals surface area contributed by atoms with Crippen molar-refractivity contribution < 1.29 is 14.6 Å². The number of rotatable bonds is 10. The highest BCUT2D eigenvalue weighted by Crippen LogP contribution is 2.03. The molecule has 0 aromatic heterocycles. The maximum Gasteiger partial charge on any atom is 0.307 e. The Balaban J connectivity index is 3.85. The number of carbonyl (C=O) groups is 1. The Labute approximate surface area is 105 Å². The van der Waals surface area contributed by atoms with Crippen LogP contribution in [0.3, 0.4) is 0 Å². The second-order valence-corrected chi connectivity index (χ2v) is 4.81. The predicted octanol–water partition coefficient (Wildman–Crippen LogP) is 2.23. The monoisotopic (exact) mass is 245 g/mol. The summed E-state index contributed by atoms with van der Waals surface area (Å²) in [6.45, 7) is 11.2. The van der Waals surface area contributed by atoms with E-state index in [9.17, 15) is 4.79 Å². The summed E-state index contributed by atoms with van der Waals surface area (Å²) in [5, 5.41) is 8.89. The van der Waals surface area contributed by atoms with Gasteiger partial charge in [-0.25, -0.2) is 0 Å². The van der Waals surface area contributed by atoms with E-state index in [0.717, 1.165) is 32.5 Å². The minimum absolute atomic E-state index is 0.271. The molecular formula is C13H27NO3. The molecule has 0 aliphatic heterocycles. The van der Waals surface area contributed by atoms with E-state index >= 15 is 0 Å². The maximum atomic E-state index is 10.8. The van der Waals surface area contributed by atoms with E-state index in [1.165, 1.54) is 0 Å². The van der Waals surface area contributed by atoms with Crippen LogP contribution in [0.5, 0.6) is 0 Å². The molecule has 0 aromatic rings. The van der Waals surface area contributed by atoms with Crippen LogP contribution in [0.4, 0.5) is 0 Å². The van der Waals surface area contributed by atoms with Gasteiger partial charge in [0.15, 0.2) is 0 Å². The van der Waals surface area contributed by atoms with E-state index in [4.69, 9.17) is 9.84 Å². The average molecular weight is 245 g/mol. The smallest absolute Gasteiger partial charge is 0.307 e. The van der Waals surface area contributed by atoms with Crippen LogP contribution in [-0.2, 0) is 9.53 Å². The molecule has 0 fully saturated rings. The quantitative estimate of drug-likeness (QED) is 0.600. The molecule has 0 amide bonds. The van der Waals surface area contributed by atoms with E-state index in [1.54, 1.807) is 6.92 Å². The van der Waals surface area contributed by atoms with Crippen molar-refractivity contribution in [3.05, 3.63) is 0 Å². The van der Waals surface area contributed by atoms with Gasteiger partial charge in [-0.05, 0) is 33.2 Å². The fourth-order valence-electron chi connectivity index (χ4n) is 1.68. The molecule has 0 radical (unpaired) electrons. The molecular weight excluding hydrogens is 218 g/mol. The summed E-state index contributed by atoms with van der Waals surface area (Å²) in [5.74, 6) is -1.02. The van der Waals surface area contributed by atoms with Gasteiger partial charge in [0.1, 0.15) is 0 Å². The van der Waals surface area contributed by atoms with Crippen molar-refractivity contribution in [1.82, 2.24) is 4.90 Å². The third kappa shape index (κ3) is 9.12. The number of hydrogen-bond acceptors (Lipinski definition) is 3. The van der Waals surface area contributed by atoms with Gasteiger partial charge in [-0.2, -0.15) is 0 Å². The summed E-state index contributed by atoms with van der Waals surface area (Å²) < 4.78 is 5.48. The van der Waals surface area contributed by atoms with E-state index in [2.05, 4.69) is 11.8 Å². The van der Waals surface area contributed by atoms with Gasteiger partial charge in [0.05, 0.1) is 12.0 Å². The molecule has 0 aliphatic rings. The van der Waals surface area contributed by atoms with Crippen LogP contribution in [-0.4, -0.2) is 48.3 Å². The molecule has 1 atom stereocenters. The highest BCUT2D eigenvalue weighted by molar-refractivity contribution is 5.69. The van der Waals surface area contributed by atoms with E-state index < -0.39 is 5.97 Å². The minimum atomic E-state index is -0.718. The molecule has 0 heterocycles. The number of aliphatic carboxylic acids is 1. The lowest BCUT2D eigenvalue weighted by Crippen LogP contribution is -2.33. The van der Waals surface area contributed by atoms with Gasteiger partial charge >= 0.3 is 5.97 Å². The Morgan fingerprint density at radius 3 is 2.41 bits per heavy atom. The number of ether oxygens (including phenoxy) is 1. The lowest BCUT2D eigenvalue weighted by Gasteiger charge is -2.23. The molecule has 4 nitrogen and oxygen atoms in total. The molecule has 0 spiro atoms. The first kappa shape index (κ1) is 16.4. The Morgan fingerprint density at radius 1 is 1.29 bits per heavy atom. The first-order chi connectivity index (χ1) is 7.97. The lowest BCUT2D eigenvalue weighted by molar-refractivity contribution is -0.141. The Hall–Kier alpha value is -0.610. The van der Waals surface area contributed by atoms with Crippen LogP contribution in [0.2, 0.25) is 0 Å². The van der Waals surface area contributed by atoms with Crippen LogP contribution in [0.1, 0.15) is 40.5 Å². The van der Waals surface area contributed by atoms with Crippen molar-refractivity contribution >= 4 is 5.97 Å². The zero-order chi connectivity index (χ0) is 13.3. The van der Waals surface area contributed by atoms with Crippen molar-refractivity contribution in [1.29, 1.82) is 0 Å². The summed E-state index contributed by atoms with van der Waals surface area (Å²) >= 11 is 0. The standard InChI is InChI=1S/C13H27NO3/c1-5-7-14(10-12(4)13(15)16)8-6-9-17-11(2)3/h11-12H,5-10H2,1-4H3,(H,15,16). The van der Waals surface area contributed by atoms with Gasteiger partial charge in [0.25, 0.3) is 0 Å². The number of nitrogens with zero attached hydrogens (tertiary/aromatic N) is 1. The van der Waals surface area contributed by atoms with Crippen LogP contribution >= 0.6 is 0 Å². The number of carboxylic acids is 1. The number of carboxylic acid groups (broad SMARTS) is 1. The van der Waals surface area contributed by atoms with Crippen molar-refractivity contribution in [2.24, 2.45) is 5.92 Å². The molecule has 1 N–H and O–H groups in total. The molecule has 0 saturated heterocycles. The summed E-state index contributed by atoms with van der Waals surface area (Å²) in [7, 11) is 0. The number of hydrogen-bond donors (Lipinski definition) is 1. The van der Waals surface area contributed by atoms with Crippen molar-refractivity contribution in [3.63, 3.8) is 0 Å². The van der Waals surface area contributed by atoms with Crippen molar-refractivity contribution in [2.45, 2.75) is 46.6 Å². The predicted molar refractivity (Wildman–Crippen MR) is 69.2 cm³/mol. The second kappa shape index (κ2) is 9.42. The molecule has 0 aromatic carbocycles. The molecule has 0 bridgehead atoms. The van der Waals surface area contributed by atoms with Gasteiger partial charge in [0, 0.05) is 19.7 Å². The summed E-state index contributed by atoms with van der Waals surface area (Å²) in [6.07, 6.45) is 2.29. The molecule has 17 heavy (non-hydrogen) atoms. The maximum absolute atomic E-state index is 10.8. The first-order valence-electron chi connectivity index (χ1n) is 6.54. The molecule has 102 valence electrons. The van der Waals surface area contributed by atoms with Gasteiger partial charge in [-0.15, -0.1) is 0 Å². The van der Waals surface area contributed by atoms with Crippen molar-refractivity contribution in [2.75, 3.05) is 26.2 Å². The minimum Gasteiger partial charge on any atom is -0.481 e. The third-order valence-electron chi connectivity index (χ3n) is 2.56. The Kier molecular flexibility index (Phi) is 9.09. The van der Waals surface area contributed by atoms with Crippen LogP contribution in [0.15, 0.2) is 0 Å². The zero-order valence-electron chi connectivity index (χ0n) is 11.6. The topological polar surface area (TPSA) is 49.8 Å². The summed E-state index contributed by atoms with van der Waals surface area (Å²) in [5.41, 5.74) is 0. The molecule has 4 heteroatoms. The summed E-state index contributed by atoms with van der Waals surface area (Å²) in [4.78, 5) is 13.0. The van der Waals surface area contributed by atoms with Crippen molar-refractivity contribution in [3.8, 4) is 0 Å². The third-order valence-corrected chi connectivity index (χ3v) is 2.56. The molecule has 0 saturated carbocycles. The zero-order valence-corrected chi connectivity index (χ0v) is 11.6. The molecule has 1 unspecified atom stereocenters. The molecule has 0 rings (SSSR count). The first-order valence-corrected chi connectivity index (χ1v) is 6.54. The largest absolute Gasteiger partial charge is 0.481 e.